The van der Waals surface area contributed by atoms with Crippen molar-refractivity contribution in [3.63, 3.8) is 0 Å². The van der Waals surface area contributed by atoms with Crippen molar-refractivity contribution < 1.29 is 14.3 Å². The van der Waals surface area contributed by atoms with Crippen LogP contribution in [0.25, 0.3) is 5.57 Å². The summed E-state index contributed by atoms with van der Waals surface area (Å²) in [5.41, 5.74) is 2.56. The number of allylic oxidation sites excluding steroid dienone is 5. The number of carbonyl (C=O) groups excluding carboxylic acids is 1. The minimum atomic E-state index is -0.173. The van der Waals surface area contributed by atoms with E-state index < -0.39 is 0 Å². The highest BCUT2D eigenvalue weighted by Gasteiger charge is 2.14. The minimum absolute atomic E-state index is 0.173. The van der Waals surface area contributed by atoms with E-state index in [1.165, 1.54) is 10.5 Å². The summed E-state index contributed by atoms with van der Waals surface area (Å²) in [6, 6.07) is 9.24. The van der Waals surface area contributed by atoms with Gasteiger partial charge in [0, 0.05) is 22.6 Å². The van der Waals surface area contributed by atoms with E-state index >= 15 is 0 Å². The molecule has 1 aromatic heterocycles. The highest BCUT2D eigenvalue weighted by molar-refractivity contribution is 7.11. The molecule has 2 aromatic rings. The van der Waals surface area contributed by atoms with Gasteiger partial charge in [-0.3, -0.25) is 4.79 Å². The van der Waals surface area contributed by atoms with Crippen LogP contribution in [-0.4, -0.2) is 20.1 Å². The lowest BCUT2D eigenvalue weighted by molar-refractivity contribution is 0.0965. The second kappa shape index (κ2) is 7.85. The van der Waals surface area contributed by atoms with Crippen LogP contribution in [0, 0.1) is 0 Å². The third-order valence-electron chi connectivity index (χ3n) is 3.84. The Kier molecular flexibility index (Phi) is 5.36. The molecule has 128 valence electrons. The van der Waals surface area contributed by atoms with Crippen molar-refractivity contribution in [3.8, 4) is 11.5 Å². The topological polar surface area (TPSA) is 47.6 Å². The number of ether oxygens (including phenoxy) is 2. The Hall–Kier alpha value is -2.79. The van der Waals surface area contributed by atoms with Crippen LogP contribution < -0.4 is 14.8 Å². The molecule has 4 nitrogen and oxygen atoms in total. The quantitative estimate of drug-likeness (QED) is 0.865. The summed E-state index contributed by atoms with van der Waals surface area (Å²) in [5.74, 6) is 0.954. The van der Waals surface area contributed by atoms with E-state index in [9.17, 15) is 4.79 Å². The third-order valence-corrected chi connectivity index (χ3v) is 4.79. The molecule has 1 heterocycles. The summed E-state index contributed by atoms with van der Waals surface area (Å²) in [6.45, 7) is 0. The number of hydrogen-bond acceptors (Lipinski definition) is 4. The molecule has 25 heavy (non-hydrogen) atoms. The van der Waals surface area contributed by atoms with Gasteiger partial charge in [-0.05, 0) is 41.3 Å². The number of methoxy groups -OCH3 is 2. The standard InChI is InChI=1S/C20H19NO3S/c1-23-17-10-9-15(13-18(17)24-2)20(22)21-16-7-4-3-6-14(12-16)19-8-5-11-25-19/h3-11,13H,12H2,1-2H3,(H,21,22). The Bertz CT molecular complexity index is 848. The van der Waals surface area contributed by atoms with E-state index in [0.29, 0.717) is 23.5 Å². The fourth-order valence-corrected chi connectivity index (χ4v) is 3.33. The Morgan fingerprint density at radius 1 is 1.08 bits per heavy atom. The first-order chi connectivity index (χ1) is 12.2. The number of nitrogens with one attached hydrogen (secondary N) is 1. The molecule has 0 saturated carbocycles. The smallest absolute Gasteiger partial charge is 0.255 e. The molecular formula is C20H19NO3S. The molecule has 1 aromatic carbocycles. The van der Waals surface area contributed by atoms with E-state index in [4.69, 9.17) is 9.47 Å². The van der Waals surface area contributed by atoms with Gasteiger partial charge in [-0.1, -0.05) is 24.3 Å². The van der Waals surface area contributed by atoms with Gasteiger partial charge >= 0.3 is 0 Å². The Morgan fingerprint density at radius 3 is 2.60 bits per heavy atom. The lowest BCUT2D eigenvalue weighted by Gasteiger charge is -2.12. The monoisotopic (exact) mass is 353 g/mol. The molecule has 0 atom stereocenters. The molecule has 3 rings (SSSR count). The second-order valence-electron chi connectivity index (χ2n) is 5.45. The lowest BCUT2D eigenvalue weighted by Crippen LogP contribution is -2.23. The Labute approximate surface area is 151 Å². The summed E-state index contributed by atoms with van der Waals surface area (Å²) in [5, 5.41) is 5.05. The van der Waals surface area contributed by atoms with Crippen LogP contribution >= 0.6 is 11.3 Å². The molecular weight excluding hydrogens is 334 g/mol. The van der Waals surface area contributed by atoms with E-state index in [1.807, 2.05) is 24.3 Å². The Morgan fingerprint density at radius 2 is 1.88 bits per heavy atom. The van der Waals surface area contributed by atoms with E-state index in [0.717, 1.165) is 5.70 Å². The van der Waals surface area contributed by atoms with Crippen LogP contribution in [0.5, 0.6) is 11.5 Å². The van der Waals surface area contributed by atoms with Crippen LogP contribution in [0.4, 0.5) is 0 Å². The molecule has 0 unspecified atom stereocenters. The molecule has 0 spiro atoms. The lowest BCUT2D eigenvalue weighted by atomic mass is 10.1. The van der Waals surface area contributed by atoms with Crippen molar-refractivity contribution in [2.45, 2.75) is 6.42 Å². The molecule has 0 saturated heterocycles. The van der Waals surface area contributed by atoms with Gasteiger partial charge in [0.2, 0.25) is 0 Å². The van der Waals surface area contributed by atoms with Crippen LogP contribution in [-0.2, 0) is 0 Å². The van der Waals surface area contributed by atoms with Crippen molar-refractivity contribution in [1.29, 1.82) is 0 Å². The molecule has 0 fully saturated rings. The molecule has 0 bridgehead atoms. The predicted molar refractivity (Wildman–Crippen MR) is 101 cm³/mol. The van der Waals surface area contributed by atoms with Crippen molar-refractivity contribution in [3.05, 3.63) is 76.2 Å². The number of benzene rings is 1. The fourth-order valence-electron chi connectivity index (χ4n) is 2.58. The maximum Gasteiger partial charge on any atom is 0.255 e. The maximum atomic E-state index is 12.6. The van der Waals surface area contributed by atoms with Crippen LogP contribution in [0.15, 0.2) is 65.7 Å². The van der Waals surface area contributed by atoms with Gasteiger partial charge in [-0.25, -0.2) is 0 Å². The molecule has 0 aliphatic heterocycles. The summed E-state index contributed by atoms with van der Waals surface area (Å²) in [7, 11) is 3.12. The summed E-state index contributed by atoms with van der Waals surface area (Å²) in [4.78, 5) is 13.8. The zero-order valence-electron chi connectivity index (χ0n) is 14.1. The molecule has 1 N–H and O–H groups in total. The van der Waals surface area contributed by atoms with Gasteiger partial charge in [-0.2, -0.15) is 0 Å². The van der Waals surface area contributed by atoms with Crippen LogP contribution in [0.3, 0.4) is 0 Å². The second-order valence-corrected chi connectivity index (χ2v) is 6.39. The first-order valence-corrected chi connectivity index (χ1v) is 8.73. The number of amides is 1. The van der Waals surface area contributed by atoms with E-state index in [2.05, 4.69) is 22.8 Å². The van der Waals surface area contributed by atoms with Gasteiger partial charge in [0.15, 0.2) is 11.5 Å². The predicted octanol–water partition coefficient (Wildman–Crippen LogP) is 4.42. The average molecular weight is 353 g/mol. The van der Waals surface area contributed by atoms with Gasteiger partial charge in [0.05, 0.1) is 14.2 Å². The maximum absolute atomic E-state index is 12.6. The molecule has 1 aliphatic carbocycles. The van der Waals surface area contributed by atoms with Crippen molar-refractivity contribution in [2.24, 2.45) is 0 Å². The van der Waals surface area contributed by atoms with Gasteiger partial charge in [0.25, 0.3) is 5.91 Å². The third kappa shape index (κ3) is 4.00. The molecule has 1 amide bonds. The SMILES string of the molecule is COc1ccc(C(=O)NC2=CC=CC=C(c3cccs3)C2)cc1OC. The van der Waals surface area contributed by atoms with Gasteiger partial charge in [-0.15, -0.1) is 11.3 Å². The number of rotatable bonds is 5. The van der Waals surface area contributed by atoms with Crippen molar-refractivity contribution in [2.75, 3.05) is 14.2 Å². The first-order valence-electron chi connectivity index (χ1n) is 7.85. The molecule has 1 aliphatic rings. The Balaban J connectivity index is 1.76. The summed E-state index contributed by atoms with van der Waals surface area (Å²) in [6.07, 6.45) is 8.61. The summed E-state index contributed by atoms with van der Waals surface area (Å²) >= 11 is 1.69. The zero-order chi connectivity index (χ0) is 17.6. The largest absolute Gasteiger partial charge is 0.493 e. The van der Waals surface area contributed by atoms with Crippen molar-refractivity contribution >= 4 is 22.8 Å². The zero-order valence-corrected chi connectivity index (χ0v) is 14.9. The van der Waals surface area contributed by atoms with Crippen LogP contribution in [0.1, 0.15) is 21.7 Å². The molecule has 5 heteroatoms. The van der Waals surface area contributed by atoms with E-state index in [-0.39, 0.29) is 5.91 Å². The summed E-state index contributed by atoms with van der Waals surface area (Å²) < 4.78 is 10.5. The van der Waals surface area contributed by atoms with Crippen LogP contribution in [0.2, 0.25) is 0 Å². The average Bonchev–Trinajstić information content (AvgIpc) is 3.08. The number of carbonyl (C=O) groups is 1. The fraction of sp³-hybridized carbons (Fsp3) is 0.150. The highest BCUT2D eigenvalue weighted by Crippen LogP contribution is 2.29. The first kappa shape index (κ1) is 17.0. The normalized spacial score (nSPS) is 13.5. The van der Waals surface area contributed by atoms with E-state index in [1.54, 1.807) is 43.8 Å². The highest BCUT2D eigenvalue weighted by atomic mass is 32.1. The molecule has 0 radical (unpaired) electrons. The van der Waals surface area contributed by atoms with Gasteiger partial charge in [0.1, 0.15) is 0 Å². The minimum Gasteiger partial charge on any atom is -0.493 e. The number of thiophene rings is 1. The van der Waals surface area contributed by atoms with Crippen molar-refractivity contribution in [1.82, 2.24) is 5.32 Å². The number of hydrogen-bond donors (Lipinski definition) is 1. The van der Waals surface area contributed by atoms with Gasteiger partial charge < -0.3 is 14.8 Å².